The first-order valence-electron chi connectivity index (χ1n) is 23.9. The lowest BCUT2D eigenvalue weighted by atomic mass is 10.0. The van der Waals surface area contributed by atoms with Crippen molar-refractivity contribution >= 4 is 19.8 Å². The molecule has 0 saturated carbocycles. The van der Waals surface area contributed by atoms with Crippen LogP contribution in [0.2, 0.25) is 0 Å². The largest absolute Gasteiger partial charge is 0.472 e. The molecule has 0 aliphatic carbocycles. The van der Waals surface area contributed by atoms with Crippen LogP contribution < -0.4 is 0 Å². The number of phosphoric ester groups is 1. The minimum Gasteiger partial charge on any atom is -0.462 e. The number of quaternary nitrogens is 1. The molecule has 0 aliphatic heterocycles. The average Bonchev–Trinajstić information content (AvgIpc) is 3.16. The zero-order valence-corrected chi connectivity index (χ0v) is 39.0. The zero-order chi connectivity index (χ0) is 42.1. The van der Waals surface area contributed by atoms with Gasteiger partial charge in [-0.25, -0.2) is 4.57 Å². The van der Waals surface area contributed by atoms with Crippen LogP contribution in [-0.2, 0) is 32.7 Å². The van der Waals surface area contributed by atoms with Crippen LogP contribution in [0.5, 0.6) is 0 Å². The minimum atomic E-state index is -4.37. The quantitative estimate of drug-likeness (QED) is 0.0213. The van der Waals surface area contributed by atoms with Crippen molar-refractivity contribution in [1.82, 2.24) is 0 Å². The van der Waals surface area contributed by atoms with Crippen LogP contribution in [0.4, 0.5) is 0 Å². The van der Waals surface area contributed by atoms with Gasteiger partial charge in [0.1, 0.15) is 19.8 Å². The Balaban J connectivity index is 4.27. The number of unbranched alkanes of at least 4 members (excludes halogenated alkanes) is 28. The Morgan fingerprint density at radius 3 is 1.30 bits per heavy atom. The number of phosphoric acid groups is 1. The van der Waals surface area contributed by atoms with Crippen molar-refractivity contribution in [2.45, 2.75) is 232 Å². The van der Waals surface area contributed by atoms with Crippen LogP contribution in [0, 0.1) is 0 Å². The number of rotatable bonds is 44. The molecule has 0 radical (unpaired) electrons. The molecule has 9 nitrogen and oxygen atoms in total. The highest BCUT2D eigenvalue weighted by molar-refractivity contribution is 7.47. The van der Waals surface area contributed by atoms with Crippen molar-refractivity contribution < 1.29 is 42.1 Å². The third-order valence-electron chi connectivity index (χ3n) is 10.5. The number of likely N-dealkylation sites (N-methyl/N-ethyl adjacent to an activating group) is 1. The summed E-state index contributed by atoms with van der Waals surface area (Å²) in [4.78, 5) is 35.4. The van der Waals surface area contributed by atoms with E-state index >= 15 is 0 Å². The summed E-state index contributed by atoms with van der Waals surface area (Å²) in [5, 5.41) is 0. The fraction of sp³-hybridized carbons (Fsp3) is 0.915. The Morgan fingerprint density at radius 2 is 0.895 bits per heavy atom. The Kier molecular flexibility index (Phi) is 39.3. The normalized spacial score (nSPS) is 13.6. The van der Waals surface area contributed by atoms with Crippen molar-refractivity contribution in [2.24, 2.45) is 0 Å². The maximum Gasteiger partial charge on any atom is 0.472 e. The second-order valence-electron chi connectivity index (χ2n) is 17.5. The molecule has 1 N–H and O–H groups in total. The van der Waals surface area contributed by atoms with E-state index in [2.05, 4.69) is 26.0 Å². The monoisotopic (exact) mass is 831 g/mol. The lowest BCUT2D eigenvalue weighted by Gasteiger charge is -2.24. The first-order valence-corrected chi connectivity index (χ1v) is 25.4. The van der Waals surface area contributed by atoms with Crippen LogP contribution in [0.1, 0.15) is 226 Å². The van der Waals surface area contributed by atoms with E-state index in [1.54, 1.807) is 0 Å². The summed E-state index contributed by atoms with van der Waals surface area (Å²) in [6.07, 6.45) is 42.6. The molecule has 0 rings (SSSR count). The van der Waals surface area contributed by atoms with E-state index in [-0.39, 0.29) is 32.0 Å². The number of carbonyl (C=O) groups is 2. The Labute approximate surface area is 352 Å². The molecule has 0 fully saturated rings. The van der Waals surface area contributed by atoms with Crippen LogP contribution in [0.15, 0.2) is 12.2 Å². The maximum absolute atomic E-state index is 12.7. The van der Waals surface area contributed by atoms with Gasteiger partial charge in [-0.3, -0.25) is 18.6 Å². The van der Waals surface area contributed by atoms with Gasteiger partial charge in [-0.05, 0) is 38.5 Å². The molecule has 0 aliphatic rings. The predicted molar refractivity (Wildman–Crippen MR) is 238 cm³/mol. The van der Waals surface area contributed by atoms with Crippen LogP contribution in [0.25, 0.3) is 0 Å². The predicted octanol–water partition coefficient (Wildman–Crippen LogP) is 13.8. The minimum absolute atomic E-state index is 0.0337. The second kappa shape index (κ2) is 40.2. The number of allylic oxidation sites excluding steroid dienone is 2. The van der Waals surface area contributed by atoms with E-state index in [1.165, 1.54) is 141 Å². The lowest BCUT2D eigenvalue weighted by molar-refractivity contribution is -0.870. The average molecular weight is 831 g/mol. The summed E-state index contributed by atoms with van der Waals surface area (Å²) in [5.74, 6) is -0.796. The Hall–Kier alpha value is -1.25. The number of hydrogen-bond acceptors (Lipinski definition) is 7. The molecule has 0 spiro atoms. The number of esters is 2. The van der Waals surface area contributed by atoms with Gasteiger partial charge in [-0.1, -0.05) is 187 Å². The van der Waals surface area contributed by atoms with E-state index < -0.39 is 26.5 Å². The molecule has 57 heavy (non-hydrogen) atoms. The first kappa shape index (κ1) is 55.8. The van der Waals surface area contributed by atoms with E-state index in [0.717, 1.165) is 51.4 Å². The molecule has 2 atom stereocenters. The number of ether oxygens (including phenoxy) is 2. The van der Waals surface area contributed by atoms with Gasteiger partial charge in [0.2, 0.25) is 0 Å². The van der Waals surface area contributed by atoms with E-state index in [9.17, 15) is 19.0 Å². The molecule has 10 heteroatoms. The van der Waals surface area contributed by atoms with Crippen molar-refractivity contribution in [3.63, 3.8) is 0 Å². The van der Waals surface area contributed by atoms with Crippen LogP contribution in [0.3, 0.4) is 0 Å². The van der Waals surface area contributed by atoms with Crippen molar-refractivity contribution in [3.8, 4) is 0 Å². The van der Waals surface area contributed by atoms with E-state index in [0.29, 0.717) is 17.4 Å². The van der Waals surface area contributed by atoms with Gasteiger partial charge < -0.3 is 18.9 Å². The second-order valence-corrected chi connectivity index (χ2v) is 19.0. The van der Waals surface area contributed by atoms with Crippen molar-refractivity contribution in [2.75, 3.05) is 47.5 Å². The molecule has 0 aromatic heterocycles. The topological polar surface area (TPSA) is 108 Å². The molecule has 0 heterocycles. The smallest absolute Gasteiger partial charge is 0.462 e. The molecule has 0 saturated heterocycles. The maximum atomic E-state index is 12.7. The highest BCUT2D eigenvalue weighted by Gasteiger charge is 2.27. The Bertz CT molecular complexity index is 985. The first-order chi connectivity index (χ1) is 27.5. The van der Waals surface area contributed by atoms with E-state index in [4.69, 9.17) is 18.5 Å². The summed E-state index contributed by atoms with van der Waals surface area (Å²) in [5.41, 5.74) is 0. The fourth-order valence-electron chi connectivity index (χ4n) is 6.77. The molecule has 0 aromatic rings. The van der Waals surface area contributed by atoms with Crippen LogP contribution >= 0.6 is 7.82 Å². The van der Waals surface area contributed by atoms with Crippen molar-refractivity contribution in [1.29, 1.82) is 0 Å². The summed E-state index contributed by atoms with van der Waals surface area (Å²) >= 11 is 0. The summed E-state index contributed by atoms with van der Waals surface area (Å²) in [6.45, 7) is 4.44. The highest BCUT2D eigenvalue weighted by atomic mass is 31.2. The molecular formula is C47H93NO8P+. The van der Waals surface area contributed by atoms with E-state index in [1.807, 2.05) is 21.1 Å². The fourth-order valence-corrected chi connectivity index (χ4v) is 7.52. The standard InChI is InChI=1S/C47H92NO8P/c1-6-8-10-12-14-16-18-20-22-23-24-25-26-28-30-32-34-36-38-40-47(50)56-45(44-55-57(51,52)54-42-41-48(3,4)5)43-53-46(49)39-37-35-33-31-29-27-21-19-17-15-13-11-9-7-2/h19,21,45H,6-18,20,22-44H2,1-5H3/p+1/b21-19-/t45-/m1/s1. The summed E-state index contributed by atoms with van der Waals surface area (Å²) < 4.78 is 34.4. The van der Waals surface area contributed by atoms with Gasteiger partial charge in [0.05, 0.1) is 27.7 Å². The molecule has 0 aromatic carbocycles. The van der Waals surface area contributed by atoms with Gasteiger partial charge in [-0.2, -0.15) is 0 Å². The van der Waals surface area contributed by atoms with Gasteiger partial charge in [0.15, 0.2) is 6.10 Å². The third-order valence-corrected chi connectivity index (χ3v) is 11.5. The van der Waals surface area contributed by atoms with Gasteiger partial charge in [0, 0.05) is 12.8 Å². The molecular weight excluding hydrogens is 737 g/mol. The summed E-state index contributed by atoms with van der Waals surface area (Å²) in [6, 6.07) is 0. The van der Waals surface area contributed by atoms with Crippen LogP contribution in [-0.4, -0.2) is 74.9 Å². The lowest BCUT2D eigenvalue weighted by Crippen LogP contribution is -2.37. The van der Waals surface area contributed by atoms with Crippen molar-refractivity contribution in [3.05, 3.63) is 12.2 Å². The Morgan fingerprint density at radius 1 is 0.526 bits per heavy atom. The zero-order valence-electron chi connectivity index (χ0n) is 38.1. The van der Waals surface area contributed by atoms with Gasteiger partial charge >= 0.3 is 19.8 Å². The van der Waals surface area contributed by atoms with Gasteiger partial charge in [-0.15, -0.1) is 0 Å². The molecule has 0 bridgehead atoms. The third kappa shape index (κ3) is 44.1. The number of carbonyl (C=O) groups excluding carboxylic acids is 2. The molecule has 1 unspecified atom stereocenters. The number of hydrogen-bond donors (Lipinski definition) is 1. The molecule has 338 valence electrons. The van der Waals surface area contributed by atoms with Gasteiger partial charge in [0.25, 0.3) is 0 Å². The SMILES string of the molecule is CCCCCCC/C=C\CCCCCCCC(=O)OC[C@H](COP(=O)(O)OCC[N+](C)(C)C)OC(=O)CCCCCCCCCCCCCCCCCCCCC. The molecule has 0 amide bonds. The summed E-state index contributed by atoms with van der Waals surface area (Å²) in [7, 11) is 1.48. The number of nitrogens with zero attached hydrogens (tertiary/aromatic N) is 1. The highest BCUT2D eigenvalue weighted by Crippen LogP contribution is 2.43.